The number of fused-ring (bicyclic) bond motifs is 1. The lowest BCUT2D eigenvalue weighted by Gasteiger charge is -2.11. The van der Waals surface area contributed by atoms with Crippen LogP contribution in [-0.4, -0.2) is 29.6 Å². The van der Waals surface area contributed by atoms with Gasteiger partial charge in [-0.1, -0.05) is 12.1 Å². The molecule has 5 rings (SSSR count). The average molecular weight is 412 g/mol. The van der Waals surface area contributed by atoms with Crippen molar-refractivity contribution < 1.29 is 9.50 Å². The maximum absolute atomic E-state index is 13.3. The van der Waals surface area contributed by atoms with Gasteiger partial charge in [-0.25, -0.2) is 19.9 Å². The summed E-state index contributed by atoms with van der Waals surface area (Å²) in [5.41, 5.74) is 11.0. The fourth-order valence-electron chi connectivity index (χ4n) is 3.43. The number of hydrogen-bond donors (Lipinski definition) is 2. The zero-order valence-corrected chi connectivity index (χ0v) is 16.3. The number of aromatic nitrogens is 5. The molecule has 0 spiro atoms. The number of aliphatic hydroxyl groups excluding tert-OH is 1. The molecule has 0 radical (unpaired) electrons. The minimum Gasteiger partial charge on any atom is -0.392 e. The summed E-state index contributed by atoms with van der Waals surface area (Å²) < 4.78 is 15.1. The Balaban J connectivity index is 1.77. The largest absolute Gasteiger partial charge is 0.392 e. The molecule has 0 atom stereocenters. The van der Waals surface area contributed by atoms with Crippen molar-refractivity contribution in [2.24, 2.45) is 0 Å². The van der Waals surface area contributed by atoms with E-state index in [9.17, 15) is 9.50 Å². The molecule has 0 aliphatic carbocycles. The quantitative estimate of drug-likeness (QED) is 0.436. The monoisotopic (exact) mass is 412 g/mol. The summed E-state index contributed by atoms with van der Waals surface area (Å²) in [5.74, 6) is 0.404. The predicted molar refractivity (Wildman–Crippen MR) is 116 cm³/mol. The van der Waals surface area contributed by atoms with E-state index in [1.807, 2.05) is 47.0 Å². The molecule has 3 N–H and O–H groups in total. The van der Waals surface area contributed by atoms with Crippen molar-refractivity contribution in [2.45, 2.75) is 6.61 Å². The topological polar surface area (TPSA) is 103 Å². The molecule has 5 aromatic rings. The van der Waals surface area contributed by atoms with Gasteiger partial charge in [0.1, 0.15) is 11.3 Å². The van der Waals surface area contributed by atoms with Crippen LogP contribution in [0.1, 0.15) is 5.56 Å². The molecule has 0 aliphatic rings. The van der Waals surface area contributed by atoms with Crippen LogP contribution in [0.4, 0.5) is 10.2 Å². The number of nitrogens with two attached hydrogens (primary N) is 1. The fourth-order valence-corrected chi connectivity index (χ4v) is 3.43. The number of nitrogens with zero attached hydrogens (tertiary/aromatic N) is 5. The van der Waals surface area contributed by atoms with Gasteiger partial charge in [-0.15, -0.1) is 0 Å². The maximum atomic E-state index is 13.3. The highest BCUT2D eigenvalue weighted by Gasteiger charge is 2.18. The molecule has 0 saturated carbocycles. The number of halogens is 1. The average Bonchev–Trinajstić information content (AvgIpc) is 3.18. The van der Waals surface area contributed by atoms with Crippen molar-refractivity contribution in [1.29, 1.82) is 0 Å². The Hall–Kier alpha value is -4.17. The molecule has 7 nitrogen and oxygen atoms in total. The Morgan fingerprint density at radius 2 is 1.77 bits per heavy atom. The van der Waals surface area contributed by atoms with Gasteiger partial charge in [-0.3, -0.25) is 4.57 Å². The van der Waals surface area contributed by atoms with E-state index in [2.05, 4.69) is 9.97 Å². The van der Waals surface area contributed by atoms with E-state index in [0.29, 0.717) is 39.6 Å². The van der Waals surface area contributed by atoms with Gasteiger partial charge in [-0.05, 0) is 54.1 Å². The second-order valence-corrected chi connectivity index (χ2v) is 6.94. The van der Waals surface area contributed by atoms with E-state index in [1.165, 1.54) is 12.3 Å². The first kappa shape index (κ1) is 18.8. The van der Waals surface area contributed by atoms with E-state index in [0.717, 1.165) is 11.3 Å². The van der Waals surface area contributed by atoms with Gasteiger partial charge in [-0.2, -0.15) is 4.39 Å². The molecule has 152 valence electrons. The van der Waals surface area contributed by atoms with Gasteiger partial charge in [0.2, 0.25) is 5.95 Å². The van der Waals surface area contributed by atoms with Crippen LogP contribution in [0.25, 0.3) is 39.5 Å². The van der Waals surface area contributed by atoms with Crippen molar-refractivity contribution in [2.75, 3.05) is 5.73 Å². The molecule has 0 amide bonds. The summed E-state index contributed by atoms with van der Waals surface area (Å²) >= 11 is 0. The molecule has 0 unspecified atom stereocenters. The second-order valence-electron chi connectivity index (χ2n) is 6.94. The van der Waals surface area contributed by atoms with Crippen LogP contribution in [0.15, 0.2) is 73.1 Å². The predicted octanol–water partition coefficient (Wildman–Crippen LogP) is 3.76. The van der Waals surface area contributed by atoms with Gasteiger partial charge >= 0.3 is 0 Å². The van der Waals surface area contributed by atoms with E-state index in [4.69, 9.17) is 15.7 Å². The SMILES string of the molecule is Nc1ncccc1-c1nc2ccc(-c3ccc(F)nc3)nc2n1-c1ccc(CO)cc1. The third-order valence-electron chi connectivity index (χ3n) is 4.98. The molecule has 8 heteroatoms. The molecule has 4 aromatic heterocycles. The first-order valence-corrected chi connectivity index (χ1v) is 9.56. The van der Waals surface area contributed by atoms with Crippen molar-refractivity contribution in [1.82, 2.24) is 24.5 Å². The smallest absolute Gasteiger partial charge is 0.212 e. The lowest BCUT2D eigenvalue weighted by atomic mass is 10.2. The van der Waals surface area contributed by atoms with Gasteiger partial charge < -0.3 is 10.8 Å². The number of hydrogen-bond acceptors (Lipinski definition) is 6. The van der Waals surface area contributed by atoms with Crippen molar-refractivity contribution in [3.63, 3.8) is 0 Å². The van der Waals surface area contributed by atoms with E-state index >= 15 is 0 Å². The maximum Gasteiger partial charge on any atom is 0.212 e. The molecule has 0 fully saturated rings. The first-order valence-electron chi connectivity index (χ1n) is 9.56. The van der Waals surface area contributed by atoms with Crippen LogP contribution in [0, 0.1) is 5.95 Å². The molecule has 0 aliphatic heterocycles. The highest BCUT2D eigenvalue weighted by atomic mass is 19.1. The highest BCUT2D eigenvalue weighted by molar-refractivity contribution is 5.84. The summed E-state index contributed by atoms with van der Waals surface area (Å²) in [6.45, 7) is -0.0483. The van der Waals surface area contributed by atoms with Crippen molar-refractivity contribution in [3.8, 4) is 28.3 Å². The first-order chi connectivity index (χ1) is 15.1. The summed E-state index contributed by atoms with van der Waals surface area (Å²) in [6, 6.07) is 17.7. The molecule has 1 aromatic carbocycles. The Kier molecular flexibility index (Phi) is 4.61. The van der Waals surface area contributed by atoms with E-state index < -0.39 is 5.95 Å². The third-order valence-corrected chi connectivity index (χ3v) is 4.98. The van der Waals surface area contributed by atoms with E-state index in [1.54, 1.807) is 18.3 Å². The Bertz CT molecular complexity index is 1380. The Labute approximate surface area is 176 Å². The van der Waals surface area contributed by atoms with Crippen molar-refractivity contribution in [3.05, 3.63) is 84.6 Å². The van der Waals surface area contributed by atoms with Gasteiger partial charge in [0.05, 0.1) is 17.9 Å². The Morgan fingerprint density at radius 3 is 2.48 bits per heavy atom. The van der Waals surface area contributed by atoms with Gasteiger partial charge in [0, 0.05) is 23.6 Å². The summed E-state index contributed by atoms with van der Waals surface area (Å²) in [7, 11) is 0. The van der Waals surface area contributed by atoms with Crippen LogP contribution in [0.2, 0.25) is 0 Å². The van der Waals surface area contributed by atoms with Crippen LogP contribution < -0.4 is 5.73 Å². The minimum absolute atomic E-state index is 0.0483. The zero-order chi connectivity index (χ0) is 21.4. The lowest BCUT2D eigenvalue weighted by molar-refractivity contribution is 0.282. The molecule has 0 bridgehead atoms. The van der Waals surface area contributed by atoms with E-state index in [-0.39, 0.29) is 6.61 Å². The summed E-state index contributed by atoms with van der Waals surface area (Å²) in [6.07, 6.45) is 3.07. The lowest BCUT2D eigenvalue weighted by Crippen LogP contribution is -2.02. The fraction of sp³-hybridized carbons (Fsp3) is 0.0435. The third kappa shape index (κ3) is 3.38. The summed E-state index contributed by atoms with van der Waals surface area (Å²) in [5, 5.41) is 9.39. The number of rotatable bonds is 4. The molecule has 31 heavy (non-hydrogen) atoms. The number of pyridine rings is 3. The van der Waals surface area contributed by atoms with Crippen LogP contribution in [0.5, 0.6) is 0 Å². The van der Waals surface area contributed by atoms with Crippen LogP contribution in [0.3, 0.4) is 0 Å². The zero-order valence-electron chi connectivity index (χ0n) is 16.3. The Morgan fingerprint density at radius 1 is 0.935 bits per heavy atom. The highest BCUT2D eigenvalue weighted by Crippen LogP contribution is 2.31. The van der Waals surface area contributed by atoms with Crippen molar-refractivity contribution >= 4 is 17.0 Å². The number of benzene rings is 1. The molecular weight excluding hydrogens is 395 g/mol. The molecule has 0 saturated heterocycles. The van der Waals surface area contributed by atoms with Crippen LogP contribution in [-0.2, 0) is 6.61 Å². The molecule has 4 heterocycles. The molecular formula is C23H17FN6O. The normalized spacial score (nSPS) is 11.2. The second kappa shape index (κ2) is 7.58. The number of aliphatic hydroxyl groups is 1. The number of anilines is 1. The van der Waals surface area contributed by atoms with Gasteiger partial charge in [0.15, 0.2) is 11.5 Å². The standard InChI is InChI=1S/C23H17FN6O/c24-20-10-5-15(12-27-20)18-8-9-19-23(28-18)30(16-6-3-14(13-31)4-7-16)22(29-19)17-2-1-11-26-21(17)25/h1-12,31H,13H2,(H2,25,26). The number of imidazole rings is 1. The minimum atomic E-state index is -0.548. The van der Waals surface area contributed by atoms with Gasteiger partial charge in [0.25, 0.3) is 0 Å². The summed E-state index contributed by atoms with van der Waals surface area (Å²) in [4.78, 5) is 17.5. The number of nitrogen functional groups attached to an aromatic ring is 1. The van der Waals surface area contributed by atoms with Crippen LogP contribution >= 0.6 is 0 Å².